The van der Waals surface area contributed by atoms with Crippen LogP contribution in [0.5, 0.6) is 11.6 Å². The predicted octanol–water partition coefficient (Wildman–Crippen LogP) is 7.84. The highest BCUT2D eigenvalue weighted by molar-refractivity contribution is 7.92. The average Bonchev–Trinajstić information content (AvgIpc) is 3.06. The Labute approximate surface area is 291 Å². The van der Waals surface area contributed by atoms with E-state index >= 15 is 0 Å². The van der Waals surface area contributed by atoms with E-state index in [1.54, 1.807) is 53.7 Å². The van der Waals surface area contributed by atoms with Gasteiger partial charge in [-0.3, -0.25) is 0 Å². The van der Waals surface area contributed by atoms with Gasteiger partial charge in [0.15, 0.2) is 0 Å². The van der Waals surface area contributed by atoms with Crippen molar-refractivity contribution in [2.24, 2.45) is 0 Å². The zero-order valence-corrected chi connectivity index (χ0v) is 29.4. The second-order valence-corrected chi connectivity index (χ2v) is 15.0. The number of anilines is 3. The van der Waals surface area contributed by atoms with Crippen molar-refractivity contribution >= 4 is 44.2 Å². The maximum absolute atomic E-state index is 15.0. The minimum Gasteiger partial charge on any atom is -0.444 e. The Morgan fingerprint density at radius 1 is 0.960 bits per heavy atom. The molecule has 260 valence electrons. The van der Waals surface area contributed by atoms with Gasteiger partial charge in [-0.15, -0.1) is 0 Å². The molecule has 2 aromatic heterocycles. The van der Waals surface area contributed by atoms with Crippen LogP contribution in [0.2, 0.25) is 0 Å². The molecule has 6 rings (SSSR count). The Morgan fingerprint density at radius 2 is 1.74 bits per heavy atom. The molecule has 11 nitrogen and oxygen atoms in total. The van der Waals surface area contributed by atoms with E-state index in [1.165, 1.54) is 18.2 Å². The Hall–Kier alpha value is -5.30. The molecule has 1 amide bonds. The highest BCUT2D eigenvalue weighted by Crippen LogP contribution is 2.42. The summed E-state index contributed by atoms with van der Waals surface area (Å²) >= 11 is 0. The van der Waals surface area contributed by atoms with Gasteiger partial charge in [-0.2, -0.15) is 0 Å². The standard InChI is InChI=1S/C37H39FN6O5S/c1-24-17-18-26-27(12-8-16-31(26)44(50(5,46)47)32-15-7-6-14-29(32)38)33(24)48-34-28(13-9-20-39-34)30-19-21-40-35(42-30)41-25-11-10-22-43(23-25)36(45)49-37(2,3)4/h6-9,12-21,25H,10-11,22-23H2,1-5H3,(H,40,41,42). The molecule has 1 N–H and O–H groups in total. The second-order valence-electron chi connectivity index (χ2n) is 13.2. The lowest BCUT2D eigenvalue weighted by Crippen LogP contribution is -2.47. The number of hydrogen-bond donors (Lipinski definition) is 1. The van der Waals surface area contributed by atoms with Gasteiger partial charge in [0.25, 0.3) is 0 Å². The number of sulfonamides is 1. The summed E-state index contributed by atoms with van der Waals surface area (Å²) < 4.78 is 54.3. The molecule has 13 heteroatoms. The lowest BCUT2D eigenvalue weighted by Gasteiger charge is -2.34. The van der Waals surface area contributed by atoms with Crippen LogP contribution < -0.4 is 14.4 Å². The van der Waals surface area contributed by atoms with E-state index in [1.807, 2.05) is 45.9 Å². The zero-order chi connectivity index (χ0) is 35.6. The van der Waals surface area contributed by atoms with Crippen molar-refractivity contribution in [1.29, 1.82) is 0 Å². The number of fused-ring (bicyclic) bond motifs is 1. The van der Waals surface area contributed by atoms with E-state index in [-0.39, 0.29) is 29.4 Å². The number of carbonyl (C=O) groups excluding carboxylic acids is 1. The van der Waals surface area contributed by atoms with Crippen LogP contribution in [-0.2, 0) is 14.8 Å². The van der Waals surface area contributed by atoms with Crippen molar-refractivity contribution < 1.29 is 27.1 Å². The molecule has 0 spiro atoms. The molecule has 0 radical (unpaired) electrons. The molecule has 1 unspecified atom stereocenters. The van der Waals surface area contributed by atoms with Crippen molar-refractivity contribution in [2.45, 2.75) is 52.2 Å². The third kappa shape index (κ3) is 7.62. The molecule has 1 saturated heterocycles. The number of aryl methyl sites for hydroxylation is 1. The second kappa shape index (κ2) is 13.9. The molecule has 1 atom stereocenters. The quantitative estimate of drug-likeness (QED) is 0.172. The number of ether oxygens (including phenoxy) is 2. The molecule has 5 aromatic rings. The van der Waals surface area contributed by atoms with Crippen molar-refractivity contribution in [3.05, 3.63) is 96.6 Å². The van der Waals surface area contributed by atoms with Crippen LogP contribution in [0.25, 0.3) is 22.0 Å². The highest BCUT2D eigenvalue weighted by Gasteiger charge is 2.29. The van der Waals surface area contributed by atoms with Crippen LogP contribution in [0.4, 0.5) is 26.5 Å². The van der Waals surface area contributed by atoms with E-state index in [4.69, 9.17) is 14.5 Å². The molecular weight excluding hydrogens is 660 g/mol. The van der Waals surface area contributed by atoms with Crippen molar-refractivity contribution in [3.8, 4) is 22.9 Å². The number of halogens is 1. The number of aromatic nitrogens is 3. The molecule has 0 saturated carbocycles. The molecular formula is C37H39FN6O5S. The first-order chi connectivity index (χ1) is 23.8. The Bertz CT molecular complexity index is 2160. The van der Waals surface area contributed by atoms with Gasteiger partial charge in [-0.25, -0.2) is 36.9 Å². The topological polar surface area (TPSA) is 127 Å². The number of nitrogens with one attached hydrogen (secondary N) is 1. The molecule has 0 bridgehead atoms. The number of rotatable bonds is 8. The van der Waals surface area contributed by atoms with Gasteiger partial charge in [0.1, 0.15) is 17.2 Å². The number of nitrogens with zero attached hydrogens (tertiary/aromatic N) is 5. The molecule has 1 aliphatic heterocycles. The fourth-order valence-electron chi connectivity index (χ4n) is 5.95. The maximum Gasteiger partial charge on any atom is 0.410 e. The normalized spacial score (nSPS) is 15.1. The molecule has 1 aliphatic rings. The average molecular weight is 699 g/mol. The fourth-order valence-corrected chi connectivity index (χ4v) is 6.97. The number of likely N-dealkylation sites (tertiary alicyclic amines) is 1. The van der Waals surface area contributed by atoms with Crippen molar-refractivity contribution in [3.63, 3.8) is 0 Å². The Balaban J connectivity index is 1.31. The molecule has 3 heterocycles. The van der Waals surface area contributed by atoms with Crippen LogP contribution in [-0.4, -0.2) is 65.4 Å². The summed E-state index contributed by atoms with van der Waals surface area (Å²) in [4.78, 5) is 28.1. The van der Waals surface area contributed by atoms with Crippen LogP contribution in [0, 0.1) is 12.7 Å². The molecule has 3 aromatic carbocycles. The lowest BCUT2D eigenvalue weighted by atomic mass is 10.0. The molecule has 50 heavy (non-hydrogen) atoms. The Morgan fingerprint density at radius 3 is 2.50 bits per heavy atom. The minimum atomic E-state index is -3.94. The van der Waals surface area contributed by atoms with Gasteiger partial charge in [-0.05, 0) is 82.5 Å². The number of amides is 1. The first-order valence-corrected chi connectivity index (χ1v) is 18.1. The molecule has 1 fully saturated rings. The van der Waals surface area contributed by atoms with E-state index in [0.29, 0.717) is 46.8 Å². The van der Waals surface area contributed by atoms with Crippen LogP contribution in [0.3, 0.4) is 0 Å². The van der Waals surface area contributed by atoms with Gasteiger partial charge in [0, 0.05) is 42.3 Å². The number of piperidine rings is 1. The first-order valence-electron chi connectivity index (χ1n) is 16.3. The largest absolute Gasteiger partial charge is 0.444 e. The lowest BCUT2D eigenvalue weighted by molar-refractivity contribution is 0.0206. The van der Waals surface area contributed by atoms with Gasteiger partial charge in [0.05, 0.1) is 28.9 Å². The zero-order valence-electron chi connectivity index (χ0n) is 28.6. The third-order valence-corrected chi connectivity index (χ3v) is 9.17. The number of carbonyl (C=O) groups is 1. The minimum absolute atomic E-state index is 0.0699. The first kappa shape index (κ1) is 34.6. The smallest absolute Gasteiger partial charge is 0.410 e. The SMILES string of the molecule is Cc1ccc2c(N(c3ccccc3F)S(C)(=O)=O)cccc2c1Oc1ncccc1-c1ccnc(NC2CCCN(C(=O)OC(C)(C)C)C2)n1. The maximum atomic E-state index is 15.0. The fraction of sp³-hybridized carbons (Fsp3) is 0.297. The van der Waals surface area contributed by atoms with E-state index < -0.39 is 21.4 Å². The van der Waals surface area contributed by atoms with Crippen molar-refractivity contribution in [2.75, 3.05) is 29.0 Å². The summed E-state index contributed by atoms with van der Waals surface area (Å²) in [7, 11) is -3.94. The van der Waals surface area contributed by atoms with Gasteiger partial charge in [0.2, 0.25) is 21.9 Å². The van der Waals surface area contributed by atoms with E-state index in [2.05, 4.69) is 15.3 Å². The summed E-state index contributed by atoms with van der Waals surface area (Å²) in [5, 5.41) is 4.53. The highest BCUT2D eigenvalue weighted by atomic mass is 32.2. The molecule has 0 aliphatic carbocycles. The summed E-state index contributed by atoms with van der Waals surface area (Å²) in [5.74, 6) is 0.469. The van der Waals surface area contributed by atoms with Gasteiger partial charge >= 0.3 is 6.09 Å². The summed E-state index contributed by atoms with van der Waals surface area (Å²) in [6.07, 6.45) is 5.61. The third-order valence-electron chi connectivity index (χ3n) is 8.12. The summed E-state index contributed by atoms with van der Waals surface area (Å²) in [6, 6.07) is 19.8. The predicted molar refractivity (Wildman–Crippen MR) is 192 cm³/mol. The summed E-state index contributed by atoms with van der Waals surface area (Å²) in [5.41, 5.74) is 1.56. The van der Waals surface area contributed by atoms with Crippen LogP contribution >= 0.6 is 0 Å². The number of pyridine rings is 1. The number of benzene rings is 3. The van der Waals surface area contributed by atoms with Crippen LogP contribution in [0.15, 0.2) is 85.2 Å². The number of hydrogen-bond acceptors (Lipinski definition) is 9. The monoisotopic (exact) mass is 698 g/mol. The summed E-state index contributed by atoms with van der Waals surface area (Å²) in [6.45, 7) is 8.50. The van der Waals surface area contributed by atoms with Gasteiger partial charge in [-0.1, -0.05) is 36.4 Å². The van der Waals surface area contributed by atoms with E-state index in [9.17, 15) is 17.6 Å². The Kier molecular flexibility index (Phi) is 9.61. The van der Waals surface area contributed by atoms with Gasteiger partial charge < -0.3 is 19.7 Å². The van der Waals surface area contributed by atoms with Crippen LogP contribution in [0.1, 0.15) is 39.2 Å². The number of para-hydroxylation sites is 1. The van der Waals surface area contributed by atoms with E-state index in [0.717, 1.165) is 29.0 Å². The van der Waals surface area contributed by atoms with Crippen molar-refractivity contribution in [1.82, 2.24) is 19.9 Å².